The van der Waals surface area contributed by atoms with E-state index >= 15 is 0 Å². The second kappa shape index (κ2) is 24.3. The third kappa shape index (κ3) is 13.3. The number of para-hydroxylation sites is 4. The molecule has 0 N–H and O–H groups in total. The summed E-state index contributed by atoms with van der Waals surface area (Å²) in [6.07, 6.45) is 3.64. The van der Waals surface area contributed by atoms with E-state index in [4.69, 9.17) is 0 Å². The van der Waals surface area contributed by atoms with Gasteiger partial charge in [0, 0.05) is 57.0 Å². The van der Waals surface area contributed by atoms with Gasteiger partial charge >= 0.3 is 40.8 Å². The molecule has 12 aromatic rings. The standard InChI is InChI=1S/2C23H15N2.2C11H19N2.2Pd/c2*1-2-8-18(9-3-1)25-22-12-5-4-10-19(22)20-14-13-17(16-23(20)25)21-11-6-7-15-24-21;2*1-10(2,3)8-7-9(13-12-8)11(4,5)6;;/h2*1-12,14-16H;2*7H,1-6H3;;/q4*-1;2*+2. The fourth-order valence-corrected chi connectivity index (χ4v) is 8.92. The van der Waals surface area contributed by atoms with Crippen LogP contribution in [0.2, 0.25) is 0 Å². The maximum Gasteiger partial charge on any atom is 2.00 e. The van der Waals surface area contributed by atoms with E-state index in [-0.39, 0.29) is 62.5 Å². The summed E-state index contributed by atoms with van der Waals surface area (Å²) in [5.74, 6) is 0. The molecule has 0 atom stereocenters. The number of hydrogen-bond acceptors (Lipinski definition) is 4. The SMILES string of the molecule is CC(C)(C)c1cc(C(C)(C)C)[n-]n1.CC(C)(C)c1cc(C(C)(C)C)[n-]n1.[Pd+2].[Pd+2].[c-]1cc2c3ccccc3n(-c3ccccc3)c2cc1-c1ccccn1.[c-]1cc2c3ccccc3n(-c3ccccc3)c2cc1-c1ccccn1. The van der Waals surface area contributed by atoms with Crippen molar-refractivity contribution in [1.29, 1.82) is 0 Å². The minimum atomic E-state index is 0. The van der Waals surface area contributed by atoms with Crippen molar-refractivity contribution >= 4 is 43.6 Å². The molecule has 0 aliphatic heterocycles. The van der Waals surface area contributed by atoms with Crippen LogP contribution in [0.5, 0.6) is 0 Å². The normalized spacial score (nSPS) is 11.6. The van der Waals surface area contributed by atoms with Crippen LogP contribution in [0.1, 0.15) is 106 Å². The van der Waals surface area contributed by atoms with Crippen LogP contribution in [0, 0.1) is 12.1 Å². The van der Waals surface area contributed by atoms with E-state index in [0.29, 0.717) is 0 Å². The first-order chi connectivity index (χ1) is 36.3. The van der Waals surface area contributed by atoms with Gasteiger partial charge in [-0.05, 0) is 92.6 Å². The van der Waals surface area contributed by atoms with Crippen LogP contribution in [0.25, 0.3) is 77.5 Å². The number of benzene rings is 6. The van der Waals surface area contributed by atoms with Crippen LogP contribution in [-0.2, 0) is 62.5 Å². The molecule has 0 saturated carbocycles. The second-order valence-corrected chi connectivity index (χ2v) is 23.3. The van der Waals surface area contributed by atoms with Gasteiger partial charge in [0.2, 0.25) is 0 Å². The molecular formula is C68H68N8Pd2. The van der Waals surface area contributed by atoms with Crippen LogP contribution >= 0.6 is 0 Å². The molecule has 0 amide bonds. The van der Waals surface area contributed by atoms with Gasteiger partial charge in [0.25, 0.3) is 0 Å². The van der Waals surface area contributed by atoms with Gasteiger partial charge < -0.3 is 39.5 Å². The predicted molar refractivity (Wildman–Crippen MR) is 316 cm³/mol. The Morgan fingerprint density at radius 2 is 0.705 bits per heavy atom. The van der Waals surface area contributed by atoms with E-state index in [1.54, 1.807) is 0 Å². The van der Waals surface area contributed by atoms with Gasteiger partial charge in [-0.3, -0.25) is 0 Å². The molecule has 0 radical (unpaired) electrons. The molecule has 6 heterocycles. The third-order valence-electron chi connectivity index (χ3n) is 13.3. The Labute approximate surface area is 488 Å². The summed E-state index contributed by atoms with van der Waals surface area (Å²) in [6.45, 7) is 25.9. The van der Waals surface area contributed by atoms with Gasteiger partial charge in [0.15, 0.2) is 0 Å². The third-order valence-corrected chi connectivity index (χ3v) is 13.3. The topological polar surface area (TPSA) is 89.6 Å². The predicted octanol–water partition coefficient (Wildman–Crippen LogP) is 16.6. The fourth-order valence-electron chi connectivity index (χ4n) is 8.92. The largest absolute Gasteiger partial charge is 2.00 e. The quantitative estimate of drug-likeness (QED) is 0.129. The summed E-state index contributed by atoms with van der Waals surface area (Å²) in [7, 11) is 0. The first-order valence-corrected chi connectivity index (χ1v) is 26.1. The molecule has 0 fully saturated rings. The van der Waals surface area contributed by atoms with Crippen molar-refractivity contribution in [3.63, 3.8) is 0 Å². The van der Waals surface area contributed by atoms with E-state index < -0.39 is 0 Å². The molecule has 0 bridgehead atoms. The first-order valence-electron chi connectivity index (χ1n) is 26.1. The average molecular weight is 1210 g/mol. The van der Waals surface area contributed by atoms with Gasteiger partial charge in [-0.1, -0.05) is 203 Å². The van der Waals surface area contributed by atoms with Crippen LogP contribution in [-0.4, -0.2) is 29.3 Å². The van der Waals surface area contributed by atoms with Gasteiger partial charge in [0.1, 0.15) is 0 Å². The Hall–Kier alpha value is -7.04. The van der Waals surface area contributed by atoms with Crippen LogP contribution in [0.15, 0.2) is 194 Å². The molecule has 8 nitrogen and oxygen atoms in total. The molecule has 0 aliphatic rings. The zero-order valence-electron chi connectivity index (χ0n) is 46.7. The minimum Gasteiger partial charge on any atom is -0.578 e. The molecule has 12 rings (SSSR count). The van der Waals surface area contributed by atoms with Gasteiger partial charge in [-0.15, -0.1) is 58.9 Å². The Bertz CT molecular complexity index is 3530. The van der Waals surface area contributed by atoms with Crippen molar-refractivity contribution in [2.24, 2.45) is 0 Å². The first kappa shape index (κ1) is 58.6. The minimum absolute atomic E-state index is 0. The summed E-state index contributed by atoms with van der Waals surface area (Å²) in [6, 6.07) is 69.5. The molecule has 6 aromatic carbocycles. The number of rotatable bonds is 4. The van der Waals surface area contributed by atoms with Crippen molar-refractivity contribution < 1.29 is 40.8 Å². The summed E-state index contributed by atoms with van der Waals surface area (Å²) in [5.41, 5.74) is 15.7. The van der Waals surface area contributed by atoms with Crippen molar-refractivity contribution in [3.8, 4) is 33.9 Å². The van der Waals surface area contributed by atoms with Crippen molar-refractivity contribution in [1.82, 2.24) is 39.5 Å². The Morgan fingerprint density at radius 1 is 0.359 bits per heavy atom. The molecular weight excluding hydrogens is 1140 g/mol. The number of aromatic nitrogens is 8. The average Bonchev–Trinajstić information content (AvgIpc) is 4.46. The fraction of sp³-hybridized carbons (Fsp3) is 0.235. The number of nitrogens with zero attached hydrogens (tertiary/aromatic N) is 8. The zero-order chi connectivity index (χ0) is 53.8. The summed E-state index contributed by atoms with van der Waals surface area (Å²) in [4.78, 5) is 8.94. The Balaban J connectivity index is 0.000000157. The van der Waals surface area contributed by atoms with E-state index in [1.165, 1.54) is 43.6 Å². The second-order valence-electron chi connectivity index (χ2n) is 23.3. The molecule has 0 aliphatic carbocycles. The molecule has 78 heavy (non-hydrogen) atoms. The number of hydrogen-bond donors (Lipinski definition) is 0. The van der Waals surface area contributed by atoms with Crippen molar-refractivity contribution in [3.05, 3.63) is 229 Å². The molecule has 0 unspecified atom stereocenters. The van der Waals surface area contributed by atoms with Crippen molar-refractivity contribution in [2.75, 3.05) is 0 Å². The van der Waals surface area contributed by atoms with Crippen LogP contribution in [0.4, 0.5) is 0 Å². The Morgan fingerprint density at radius 3 is 1.01 bits per heavy atom. The summed E-state index contributed by atoms with van der Waals surface area (Å²) in [5, 5.41) is 21.7. The monoisotopic (exact) mass is 1210 g/mol. The van der Waals surface area contributed by atoms with E-state index in [0.717, 1.165) is 56.7 Å². The maximum absolute atomic E-state index is 4.47. The van der Waals surface area contributed by atoms with Crippen molar-refractivity contribution in [2.45, 2.75) is 105 Å². The molecule has 0 saturated heterocycles. The molecule has 6 aromatic heterocycles. The van der Waals surface area contributed by atoms with Gasteiger partial charge in [-0.2, -0.15) is 0 Å². The van der Waals surface area contributed by atoms with Crippen LogP contribution < -0.4 is 10.2 Å². The zero-order valence-corrected chi connectivity index (χ0v) is 49.8. The van der Waals surface area contributed by atoms with E-state index in [2.05, 4.69) is 268 Å². The molecule has 0 spiro atoms. The summed E-state index contributed by atoms with van der Waals surface area (Å²) < 4.78 is 4.62. The van der Waals surface area contributed by atoms with Gasteiger partial charge in [0.05, 0.1) is 0 Å². The smallest absolute Gasteiger partial charge is 0.578 e. The van der Waals surface area contributed by atoms with E-state index in [1.807, 2.05) is 60.9 Å². The van der Waals surface area contributed by atoms with Crippen LogP contribution in [0.3, 0.4) is 0 Å². The van der Waals surface area contributed by atoms with Gasteiger partial charge in [-0.25, -0.2) is 0 Å². The Kier molecular flexibility index (Phi) is 18.3. The number of fused-ring (bicyclic) bond motifs is 6. The number of pyridine rings is 2. The molecule has 10 heteroatoms. The maximum atomic E-state index is 4.47. The van der Waals surface area contributed by atoms with E-state index in [9.17, 15) is 0 Å². The summed E-state index contributed by atoms with van der Waals surface area (Å²) >= 11 is 0. The molecule has 400 valence electrons.